The van der Waals surface area contributed by atoms with Crippen LogP contribution < -0.4 is 4.74 Å². The minimum absolute atomic E-state index is 0.100. The molecule has 0 unspecified atom stereocenters. The molecule has 1 atom stereocenters. The second kappa shape index (κ2) is 6.32. The van der Waals surface area contributed by atoms with E-state index in [9.17, 15) is 13.6 Å². The van der Waals surface area contributed by atoms with Gasteiger partial charge in [-0.1, -0.05) is 29.3 Å². The first-order valence-corrected chi connectivity index (χ1v) is 6.64. The van der Waals surface area contributed by atoms with Crippen LogP contribution in [0.2, 0.25) is 0 Å². The maximum atomic E-state index is 14.0. The van der Waals surface area contributed by atoms with Gasteiger partial charge in [0.25, 0.3) is 5.92 Å². The molecule has 0 heterocycles. The van der Waals surface area contributed by atoms with Crippen LogP contribution in [0.4, 0.5) is 8.78 Å². The van der Waals surface area contributed by atoms with Crippen molar-refractivity contribution in [3.8, 4) is 5.75 Å². The smallest absolute Gasteiger partial charge is 0.344 e. The van der Waals surface area contributed by atoms with Gasteiger partial charge in [0.05, 0.1) is 5.56 Å². The van der Waals surface area contributed by atoms with E-state index < -0.39 is 18.0 Å². The Balaban J connectivity index is 3.14. The Morgan fingerprint density at radius 2 is 2.16 bits per heavy atom. The van der Waals surface area contributed by atoms with Gasteiger partial charge >= 0.3 is 5.97 Å². The van der Waals surface area contributed by atoms with Gasteiger partial charge < -0.3 is 9.84 Å². The molecule has 0 aliphatic rings. The number of carbonyl (C=O) groups is 1. The average molecular weight is 337 g/mol. The van der Waals surface area contributed by atoms with Crippen LogP contribution >= 0.6 is 15.9 Å². The number of carboxylic acids is 1. The van der Waals surface area contributed by atoms with Crippen molar-refractivity contribution in [3.63, 3.8) is 0 Å². The van der Waals surface area contributed by atoms with Gasteiger partial charge in [-0.2, -0.15) is 0 Å². The van der Waals surface area contributed by atoms with Crippen molar-refractivity contribution in [2.24, 2.45) is 0 Å². The average Bonchev–Trinajstić information content (AvgIpc) is 2.31. The summed E-state index contributed by atoms with van der Waals surface area (Å²) in [4.78, 5) is 10.7. The summed E-state index contributed by atoms with van der Waals surface area (Å²) in [6, 6.07) is 4.15. The lowest BCUT2D eigenvalue weighted by molar-refractivity contribution is -0.144. The van der Waals surface area contributed by atoms with Crippen LogP contribution in [0.15, 0.2) is 22.7 Å². The van der Waals surface area contributed by atoms with Gasteiger partial charge in [0.2, 0.25) is 0 Å². The molecule has 0 aliphatic carbocycles. The number of alkyl halides is 2. The SMILES string of the molecule is CCCC(F)(F)c1cc(Br)ccc1O[C@@H](C)C(=O)O. The predicted molar refractivity (Wildman–Crippen MR) is 70.7 cm³/mol. The van der Waals surface area contributed by atoms with E-state index in [-0.39, 0.29) is 17.7 Å². The summed E-state index contributed by atoms with van der Waals surface area (Å²) in [6.07, 6.45) is -1.19. The van der Waals surface area contributed by atoms with E-state index >= 15 is 0 Å². The Morgan fingerprint density at radius 3 is 2.68 bits per heavy atom. The molecule has 106 valence electrons. The summed E-state index contributed by atoms with van der Waals surface area (Å²) in [6.45, 7) is 2.96. The van der Waals surface area contributed by atoms with Crippen LogP contribution in [0.1, 0.15) is 32.3 Å². The maximum Gasteiger partial charge on any atom is 0.344 e. The molecular weight excluding hydrogens is 322 g/mol. The predicted octanol–water partition coefficient (Wildman–Crippen LogP) is 4.19. The molecule has 0 amide bonds. The van der Waals surface area contributed by atoms with Crippen molar-refractivity contribution in [2.75, 3.05) is 0 Å². The number of carboxylic acid groups (broad SMARTS) is 1. The minimum atomic E-state index is -3.05. The second-order valence-electron chi connectivity index (χ2n) is 4.19. The Bertz CT molecular complexity index is 463. The fraction of sp³-hybridized carbons (Fsp3) is 0.462. The number of hydrogen-bond acceptors (Lipinski definition) is 2. The summed E-state index contributed by atoms with van der Waals surface area (Å²) in [7, 11) is 0. The van der Waals surface area contributed by atoms with Gasteiger partial charge in [-0.05, 0) is 25.1 Å². The number of ether oxygens (including phenoxy) is 1. The van der Waals surface area contributed by atoms with Crippen LogP contribution in [0, 0.1) is 0 Å². The summed E-state index contributed by atoms with van der Waals surface area (Å²) < 4.78 is 33.6. The molecule has 0 bridgehead atoms. The molecule has 3 nitrogen and oxygen atoms in total. The third-order valence-electron chi connectivity index (χ3n) is 2.55. The molecule has 1 aromatic carbocycles. The van der Waals surface area contributed by atoms with Gasteiger partial charge in [-0.3, -0.25) is 0 Å². The van der Waals surface area contributed by atoms with E-state index in [4.69, 9.17) is 9.84 Å². The number of benzene rings is 1. The van der Waals surface area contributed by atoms with E-state index in [1.807, 2.05) is 0 Å². The van der Waals surface area contributed by atoms with E-state index in [1.165, 1.54) is 25.1 Å². The molecule has 19 heavy (non-hydrogen) atoms. The highest BCUT2D eigenvalue weighted by atomic mass is 79.9. The molecule has 1 N–H and O–H groups in total. The molecular formula is C13H15BrF2O3. The molecule has 0 aliphatic heterocycles. The maximum absolute atomic E-state index is 14.0. The molecule has 0 radical (unpaired) electrons. The summed E-state index contributed by atoms with van der Waals surface area (Å²) in [5, 5.41) is 8.77. The first kappa shape index (κ1) is 15.9. The van der Waals surface area contributed by atoms with Crippen molar-refractivity contribution in [3.05, 3.63) is 28.2 Å². The summed E-state index contributed by atoms with van der Waals surface area (Å²) >= 11 is 3.13. The quantitative estimate of drug-likeness (QED) is 0.847. The fourth-order valence-electron chi connectivity index (χ4n) is 1.58. The van der Waals surface area contributed by atoms with Crippen LogP contribution in [-0.2, 0) is 10.7 Å². The summed E-state index contributed by atoms with van der Waals surface area (Å²) in [5.74, 6) is -4.35. The highest BCUT2D eigenvalue weighted by Crippen LogP contribution is 2.40. The first-order chi connectivity index (χ1) is 8.77. The number of halogens is 3. The Morgan fingerprint density at radius 1 is 1.53 bits per heavy atom. The highest BCUT2D eigenvalue weighted by molar-refractivity contribution is 9.10. The van der Waals surface area contributed by atoms with Gasteiger partial charge in [0, 0.05) is 10.9 Å². The van der Waals surface area contributed by atoms with Crippen LogP contribution in [-0.4, -0.2) is 17.2 Å². The zero-order valence-electron chi connectivity index (χ0n) is 10.6. The molecule has 1 rings (SSSR count). The molecule has 0 saturated heterocycles. The van der Waals surface area contributed by atoms with Gasteiger partial charge in [0.1, 0.15) is 5.75 Å². The zero-order chi connectivity index (χ0) is 14.6. The number of aliphatic carboxylic acids is 1. The lowest BCUT2D eigenvalue weighted by Crippen LogP contribution is -2.25. The van der Waals surface area contributed by atoms with Gasteiger partial charge in [-0.15, -0.1) is 0 Å². The third kappa shape index (κ3) is 4.16. The monoisotopic (exact) mass is 336 g/mol. The molecule has 0 aromatic heterocycles. The largest absolute Gasteiger partial charge is 0.479 e. The second-order valence-corrected chi connectivity index (χ2v) is 5.11. The van der Waals surface area contributed by atoms with Gasteiger partial charge in [0.15, 0.2) is 6.10 Å². The molecule has 0 spiro atoms. The van der Waals surface area contributed by atoms with Crippen molar-refractivity contribution >= 4 is 21.9 Å². The lowest BCUT2D eigenvalue weighted by Gasteiger charge is -2.21. The Labute approximate surface area is 118 Å². The minimum Gasteiger partial charge on any atom is -0.479 e. The Hall–Kier alpha value is -1.17. The molecule has 0 saturated carbocycles. The standard InChI is InChI=1S/C13H15BrF2O3/c1-3-6-13(15,16)10-7-9(14)4-5-11(10)19-8(2)12(17)18/h4-5,7-8H,3,6H2,1-2H3,(H,17,18)/t8-/m0/s1. The molecule has 1 aromatic rings. The van der Waals surface area contributed by atoms with E-state index in [1.54, 1.807) is 6.92 Å². The number of rotatable bonds is 6. The topological polar surface area (TPSA) is 46.5 Å². The van der Waals surface area contributed by atoms with Crippen LogP contribution in [0.3, 0.4) is 0 Å². The van der Waals surface area contributed by atoms with Gasteiger partial charge in [-0.25, -0.2) is 13.6 Å². The van der Waals surface area contributed by atoms with Crippen LogP contribution in [0.5, 0.6) is 5.75 Å². The fourth-order valence-corrected chi connectivity index (χ4v) is 1.94. The molecule has 6 heteroatoms. The van der Waals surface area contributed by atoms with Crippen molar-refractivity contribution in [1.29, 1.82) is 0 Å². The normalized spacial score (nSPS) is 13.1. The summed E-state index contributed by atoms with van der Waals surface area (Å²) in [5.41, 5.74) is -0.295. The van der Waals surface area contributed by atoms with Crippen molar-refractivity contribution in [2.45, 2.75) is 38.7 Å². The van der Waals surface area contributed by atoms with Crippen LogP contribution in [0.25, 0.3) is 0 Å². The lowest BCUT2D eigenvalue weighted by atomic mass is 10.0. The van der Waals surface area contributed by atoms with E-state index in [2.05, 4.69) is 15.9 Å². The Kier molecular flexibility index (Phi) is 5.29. The molecule has 0 fully saturated rings. The van der Waals surface area contributed by atoms with E-state index in [0.717, 1.165) is 0 Å². The third-order valence-corrected chi connectivity index (χ3v) is 3.04. The number of hydrogen-bond donors (Lipinski definition) is 1. The van der Waals surface area contributed by atoms with Crippen molar-refractivity contribution in [1.82, 2.24) is 0 Å². The zero-order valence-corrected chi connectivity index (χ0v) is 12.2. The van der Waals surface area contributed by atoms with Crippen molar-refractivity contribution < 1.29 is 23.4 Å². The highest BCUT2D eigenvalue weighted by Gasteiger charge is 2.34. The van der Waals surface area contributed by atoms with E-state index in [0.29, 0.717) is 10.9 Å². The first-order valence-electron chi connectivity index (χ1n) is 5.85.